The largest absolute Gasteiger partial charge is 0.494 e. The van der Waals surface area contributed by atoms with Crippen molar-refractivity contribution in [1.82, 2.24) is 9.97 Å². The highest BCUT2D eigenvalue weighted by atomic mass is 16.5. The summed E-state index contributed by atoms with van der Waals surface area (Å²) >= 11 is 0. The third-order valence-electron chi connectivity index (χ3n) is 2.84. The number of aryl methyl sites for hydroxylation is 1. The van der Waals surface area contributed by atoms with Gasteiger partial charge in [0.2, 0.25) is 0 Å². The van der Waals surface area contributed by atoms with Gasteiger partial charge >= 0.3 is 5.97 Å². The Hall–Kier alpha value is -2.43. The first kappa shape index (κ1) is 14.0. The molecule has 0 amide bonds. The molecule has 2 aromatic rings. The summed E-state index contributed by atoms with van der Waals surface area (Å²) in [5.74, 6) is 0.249. The number of aromatic nitrogens is 2. The van der Waals surface area contributed by atoms with E-state index in [1.54, 1.807) is 0 Å². The maximum absolute atomic E-state index is 11.1. The summed E-state index contributed by atoms with van der Waals surface area (Å²) < 4.78 is 5.44. The Morgan fingerprint density at radius 3 is 2.80 bits per heavy atom. The van der Waals surface area contributed by atoms with Gasteiger partial charge in [-0.05, 0) is 25.5 Å². The zero-order valence-corrected chi connectivity index (χ0v) is 11.5. The lowest BCUT2D eigenvalue weighted by Gasteiger charge is -2.07. The average molecular weight is 272 g/mol. The van der Waals surface area contributed by atoms with Crippen molar-refractivity contribution in [3.8, 4) is 17.1 Å². The highest BCUT2D eigenvalue weighted by Gasteiger charge is 2.13. The Morgan fingerprint density at radius 1 is 1.35 bits per heavy atom. The van der Waals surface area contributed by atoms with Gasteiger partial charge in [0.05, 0.1) is 17.9 Å². The van der Waals surface area contributed by atoms with E-state index < -0.39 is 5.97 Å². The summed E-state index contributed by atoms with van der Waals surface area (Å²) in [5.41, 5.74) is 1.49. The summed E-state index contributed by atoms with van der Waals surface area (Å²) in [4.78, 5) is 19.5. The molecule has 0 atom stereocenters. The normalized spacial score (nSPS) is 10.3. The van der Waals surface area contributed by atoms with Crippen LogP contribution in [-0.4, -0.2) is 27.7 Å². The number of hydrogen-bond donors (Lipinski definition) is 1. The Bertz CT molecular complexity index is 626. The number of benzene rings is 1. The second-order valence-electron chi connectivity index (χ2n) is 4.17. The molecule has 0 saturated heterocycles. The lowest BCUT2D eigenvalue weighted by molar-refractivity contribution is 0.0694. The van der Waals surface area contributed by atoms with E-state index in [1.807, 2.05) is 38.1 Å². The number of ether oxygens (including phenoxy) is 1. The van der Waals surface area contributed by atoms with Crippen LogP contribution in [0, 0.1) is 0 Å². The van der Waals surface area contributed by atoms with E-state index in [9.17, 15) is 4.79 Å². The zero-order chi connectivity index (χ0) is 14.5. The van der Waals surface area contributed by atoms with Crippen molar-refractivity contribution in [2.45, 2.75) is 20.3 Å². The first-order chi connectivity index (χ1) is 9.65. The standard InChI is InChI=1S/C15H16N2O3/c1-3-13-12(15(18)19)9-16-14(17-13)10-6-5-7-11(8-10)20-4-2/h5-9H,3-4H2,1-2H3,(H,18,19). The molecule has 5 heteroatoms. The van der Waals surface area contributed by atoms with E-state index >= 15 is 0 Å². The molecule has 1 heterocycles. The summed E-state index contributed by atoms with van der Waals surface area (Å²) in [7, 11) is 0. The van der Waals surface area contributed by atoms with Crippen LogP contribution in [0.3, 0.4) is 0 Å². The molecule has 1 aromatic heterocycles. The van der Waals surface area contributed by atoms with Crippen molar-refractivity contribution in [3.63, 3.8) is 0 Å². The number of nitrogens with zero attached hydrogens (tertiary/aromatic N) is 2. The minimum atomic E-state index is -1.00. The molecule has 0 fully saturated rings. The molecule has 5 nitrogen and oxygen atoms in total. The fourth-order valence-electron chi connectivity index (χ4n) is 1.90. The number of carboxylic acid groups (broad SMARTS) is 1. The number of hydrogen-bond acceptors (Lipinski definition) is 4. The predicted octanol–water partition coefficient (Wildman–Crippen LogP) is 2.80. The molecule has 0 bridgehead atoms. The highest BCUT2D eigenvalue weighted by molar-refractivity contribution is 5.88. The van der Waals surface area contributed by atoms with Crippen molar-refractivity contribution in [2.24, 2.45) is 0 Å². The van der Waals surface area contributed by atoms with Crippen molar-refractivity contribution < 1.29 is 14.6 Å². The van der Waals surface area contributed by atoms with E-state index in [0.29, 0.717) is 24.5 Å². The van der Waals surface area contributed by atoms with Crippen molar-refractivity contribution in [3.05, 3.63) is 41.7 Å². The van der Waals surface area contributed by atoms with Gasteiger partial charge < -0.3 is 9.84 Å². The summed E-state index contributed by atoms with van der Waals surface area (Å²) in [5, 5.41) is 9.07. The summed E-state index contributed by atoms with van der Waals surface area (Å²) in [6.45, 7) is 4.37. The molecule has 0 unspecified atom stereocenters. The maximum Gasteiger partial charge on any atom is 0.339 e. The van der Waals surface area contributed by atoms with E-state index in [4.69, 9.17) is 9.84 Å². The van der Waals surface area contributed by atoms with Crippen molar-refractivity contribution in [1.29, 1.82) is 0 Å². The van der Waals surface area contributed by atoms with Crippen molar-refractivity contribution >= 4 is 5.97 Å². The Morgan fingerprint density at radius 2 is 2.15 bits per heavy atom. The van der Waals surface area contributed by atoms with Gasteiger partial charge in [0.15, 0.2) is 5.82 Å². The fourth-order valence-corrected chi connectivity index (χ4v) is 1.90. The van der Waals surface area contributed by atoms with Crippen molar-refractivity contribution in [2.75, 3.05) is 6.61 Å². The molecule has 0 aliphatic heterocycles. The Labute approximate surface area is 117 Å². The van der Waals surface area contributed by atoms with Gasteiger partial charge in [0.1, 0.15) is 5.75 Å². The van der Waals surface area contributed by atoms with Crippen LogP contribution in [-0.2, 0) is 6.42 Å². The molecule has 2 rings (SSSR count). The second kappa shape index (κ2) is 6.14. The van der Waals surface area contributed by atoms with Gasteiger partial charge in [-0.15, -0.1) is 0 Å². The van der Waals surface area contributed by atoms with Crippen LogP contribution >= 0.6 is 0 Å². The van der Waals surface area contributed by atoms with Gasteiger partial charge in [-0.3, -0.25) is 0 Å². The molecule has 20 heavy (non-hydrogen) atoms. The summed E-state index contributed by atoms with van der Waals surface area (Å²) in [6, 6.07) is 7.44. The number of carbonyl (C=O) groups is 1. The van der Waals surface area contributed by atoms with Crippen LogP contribution in [0.5, 0.6) is 5.75 Å². The molecule has 104 valence electrons. The van der Waals surface area contributed by atoms with Crippen LogP contribution in [0.15, 0.2) is 30.5 Å². The van der Waals surface area contributed by atoms with E-state index in [2.05, 4.69) is 9.97 Å². The minimum Gasteiger partial charge on any atom is -0.494 e. The van der Waals surface area contributed by atoms with Gasteiger partial charge in [0, 0.05) is 11.8 Å². The molecule has 0 spiro atoms. The van der Waals surface area contributed by atoms with E-state index in [0.717, 1.165) is 11.3 Å². The first-order valence-electron chi connectivity index (χ1n) is 6.48. The molecule has 1 aromatic carbocycles. The SMILES string of the molecule is CCOc1cccc(-c2ncc(C(=O)O)c(CC)n2)c1. The fraction of sp³-hybridized carbons (Fsp3) is 0.267. The molecule has 1 N–H and O–H groups in total. The van der Waals surface area contributed by atoms with Gasteiger partial charge in [0.25, 0.3) is 0 Å². The third-order valence-corrected chi connectivity index (χ3v) is 2.84. The highest BCUT2D eigenvalue weighted by Crippen LogP contribution is 2.22. The zero-order valence-electron chi connectivity index (χ0n) is 11.5. The van der Waals surface area contributed by atoms with Crippen LogP contribution in [0.2, 0.25) is 0 Å². The first-order valence-corrected chi connectivity index (χ1v) is 6.48. The molecule has 0 radical (unpaired) electrons. The molecule has 0 saturated carbocycles. The second-order valence-corrected chi connectivity index (χ2v) is 4.17. The van der Waals surface area contributed by atoms with E-state index in [-0.39, 0.29) is 5.56 Å². The number of rotatable bonds is 5. The Balaban J connectivity index is 2.42. The lowest BCUT2D eigenvalue weighted by atomic mass is 10.1. The van der Waals surface area contributed by atoms with Gasteiger partial charge in [-0.25, -0.2) is 14.8 Å². The smallest absolute Gasteiger partial charge is 0.339 e. The minimum absolute atomic E-state index is 0.150. The van der Waals surface area contributed by atoms with E-state index in [1.165, 1.54) is 6.20 Å². The van der Waals surface area contributed by atoms with Gasteiger partial charge in [-0.1, -0.05) is 19.1 Å². The van der Waals surface area contributed by atoms with Gasteiger partial charge in [-0.2, -0.15) is 0 Å². The van der Waals surface area contributed by atoms with Crippen LogP contribution < -0.4 is 4.74 Å². The number of carboxylic acids is 1. The molecule has 0 aliphatic rings. The topological polar surface area (TPSA) is 72.3 Å². The quantitative estimate of drug-likeness (QED) is 0.906. The third kappa shape index (κ3) is 2.93. The molecule has 0 aliphatic carbocycles. The predicted molar refractivity (Wildman–Crippen MR) is 75.0 cm³/mol. The molecular formula is C15H16N2O3. The van der Waals surface area contributed by atoms with Crippen LogP contribution in [0.1, 0.15) is 29.9 Å². The monoisotopic (exact) mass is 272 g/mol. The average Bonchev–Trinajstić information content (AvgIpc) is 2.47. The Kier molecular flexibility index (Phi) is 4.30. The summed E-state index contributed by atoms with van der Waals surface area (Å²) in [6.07, 6.45) is 1.90. The van der Waals surface area contributed by atoms with Crippen LogP contribution in [0.4, 0.5) is 0 Å². The lowest BCUT2D eigenvalue weighted by Crippen LogP contribution is -2.06. The maximum atomic E-state index is 11.1. The number of aromatic carboxylic acids is 1. The molecular weight excluding hydrogens is 256 g/mol. The van der Waals surface area contributed by atoms with Crippen LogP contribution in [0.25, 0.3) is 11.4 Å².